The number of Topliss-reactive ketones (excluding diaryl/α,β-unsaturated/α-hetero) is 1. The van der Waals surface area contributed by atoms with Gasteiger partial charge in [-0.3, -0.25) is 4.79 Å². The summed E-state index contributed by atoms with van der Waals surface area (Å²) < 4.78 is 5.18. The quantitative estimate of drug-likeness (QED) is 0.603. The molecule has 1 aromatic rings. The molecule has 0 atom stereocenters. The van der Waals surface area contributed by atoms with Gasteiger partial charge in [0.2, 0.25) is 0 Å². The van der Waals surface area contributed by atoms with Gasteiger partial charge in [-0.15, -0.1) is 0 Å². The molecule has 19 heavy (non-hydrogen) atoms. The highest BCUT2D eigenvalue weighted by Gasteiger charge is 2.30. The van der Waals surface area contributed by atoms with E-state index in [1.807, 2.05) is 19.1 Å². The molecule has 1 aromatic carbocycles. The van der Waals surface area contributed by atoms with Gasteiger partial charge >= 0.3 is 7.12 Å². The van der Waals surface area contributed by atoms with Crippen molar-refractivity contribution in [2.24, 2.45) is 5.92 Å². The van der Waals surface area contributed by atoms with E-state index in [0.29, 0.717) is 24.6 Å². The largest absolute Gasteiger partial charge is 0.492 e. The van der Waals surface area contributed by atoms with Crippen LogP contribution >= 0.6 is 0 Å². The van der Waals surface area contributed by atoms with Gasteiger partial charge in [0.15, 0.2) is 5.78 Å². The predicted molar refractivity (Wildman–Crippen MR) is 75.6 cm³/mol. The maximum atomic E-state index is 12.2. The van der Waals surface area contributed by atoms with E-state index in [0.717, 1.165) is 23.1 Å². The summed E-state index contributed by atoms with van der Waals surface area (Å²) in [7, 11) is -0.897. The Hall–Kier alpha value is -1.17. The summed E-state index contributed by atoms with van der Waals surface area (Å²) in [4.78, 5) is 12.2. The number of ketones is 1. The summed E-state index contributed by atoms with van der Waals surface area (Å²) in [5, 5.41) is 12.9. The number of fused-ring (bicyclic) bond motifs is 1. The number of hydrogen-bond donors (Lipinski definition) is 2. The lowest BCUT2D eigenvalue weighted by molar-refractivity contribution is 0.0990. The van der Waals surface area contributed by atoms with Crippen molar-refractivity contribution in [2.45, 2.75) is 27.4 Å². The maximum absolute atomic E-state index is 12.2. The number of rotatable bonds is 5. The van der Waals surface area contributed by atoms with Crippen LogP contribution in [0.25, 0.3) is 0 Å². The Labute approximate surface area is 114 Å². The first kappa shape index (κ1) is 14.2. The van der Waals surface area contributed by atoms with Crippen molar-refractivity contribution in [3.05, 3.63) is 28.8 Å². The summed E-state index contributed by atoms with van der Waals surface area (Å²) in [6, 6.07) is 3.70. The monoisotopic (exact) mass is 261 g/mol. The Morgan fingerprint density at radius 3 is 2.95 bits per heavy atom. The van der Waals surface area contributed by atoms with Gasteiger partial charge in [-0.2, -0.15) is 0 Å². The van der Waals surface area contributed by atoms with Crippen molar-refractivity contribution < 1.29 is 14.5 Å². The topological polar surface area (TPSA) is 58.6 Å². The van der Waals surface area contributed by atoms with Crippen molar-refractivity contribution in [3.8, 4) is 0 Å². The molecule has 2 N–H and O–H groups in total. The molecule has 1 heterocycles. The predicted octanol–water partition coefficient (Wildman–Crippen LogP) is 0.641. The van der Waals surface area contributed by atoms with E-state index in [1.54, 1.807) is 0 Å². The first-order valence-corrected chi connectivity index (χ1v) is 6.66. The van der Waals surface area contributed by atoms with Crippen molar-refractivity contribution in [2.75, 3.05) is 13.1 Å². The SMILES string of the molecule is Cc1c(C(=O)CNCC(C)C)ccc2c1B(O)OC2. The molecule has 0 saturated heterocycles. The molecule has 0 radical (unpaired) electrons. The molecule has 0 aromatic heterocycles. The number of hydrogen-bond acceptors (Lipinski definition) is 4. The zero-order valence-corrected chi connectivity index (χ0v) is 11.7. The van der Waals surface area contributed by atoms with Crippen LogP contribution in [0.15, 0.2) is 12.1 Å². The molecule has 0 saturated carbocycles. The van der Waals surface area contributed by atoms with E-state index in [4.69, 9.17) is 4.65 Å². The highest BCUT2D eigenvalue weighted by molar-refractivity contribution is 6.62. The molecule has 0 bridgehead atoms. The first-order valence-electron chi connectivity index (χ1n) is 6.66. The van der Waals surface area contributed by atoms with Crippen LogP contribution in [0.3, 0.4) is 0 Å². The van der Waals surface area contributed by atoms with Crippen LogP contribution in [0.2, 0.25) is 0 Å². The van der Waals surface area contributed by atoms with Crippen LogP contribution in [0.1, 0.15) is 35.3 Å². The molecule has 102 valence electrons. The van der Waals surface area contributed by atoms with E-state index in [9.17, 15) is 9.82 Å². The van der Waals surface area contributed by atoms with Crippen LogP contribution in [-0.2, 0) is 11.3 Å². The Kier molecular flexibility index (Phi) is 4.40. The van der Waals surface area contributed by atoms with E-state index < -0.39 is 7.12 Å². The van der Waals surface area contributed by atoms with Gasteiger partial charge in [0.1, 0.15) is 0 Å². The Morgan fingerprint density at radius 1 is 1.53 bits per heavy atom. The Morgan fingerprint density at radius 2 is 2.26 bits per heavy atom. The third-order valence-corrected chi connectivity index (χ3v) is 3.39. The van der Waals surface area contributed by atoms with Crippen LogP contribution in [0.4, 0.5) is 0 Å². The summed E-state index contributed by atoms with van der Waals surface area (Å²) in [6.07, 6.45) is 0. The second-order valence-corrected chi connectivity index (χ2v) is 5.42. The lowest BCUT2D eigenvalue weighted by atomic mass is 9.75. The standard InChI is InChI=1S/C14H20BNO3/c1-9(2)6-16-7-13(17)12-5-4-11-8-19-15(18)14(11)10(12)3/h4-5,9,16,18H,6-8H2,1-3H3. The molecular weight excluding hydrogens is 241 g/mol. The van der Waals surface area contributed by atoms with Crippen molar-refractivity contribution >= 4 is 18.4 Å². The fourth-order valence-electron chi connectivity index (χ4n) is 2.38. The van der Waals surface area contributed by atoms with E-state index >= 15 is 0 Å². The Balaban J connectivity index is 2.13. The van der Waals surface area contributed by atoms with Crippen molar-refractivity contribution in [3.63, 3.8) is 0 Å². The van der Waals surface area contributed by atoms with E-state index in [-0.39, 0.29) is 5.78 Å². The molecule has 2 rings (SSSR count). The highest BCUT2D eigenvalue weighted by Crippen LogP contribution is 2.16. The summed E-state index contributed by atoms with van der Waals surface area (Å²) in [5.74, 6) is 0.573. The Bertz CT molecular complexity index is 488. The van der Waals surface area contributed by atoms with Crippen LogP contribution in [-0.4, -0.2) is 31.0 Å². The molecular formula is C14H20BNO3. The van der Waals surface area contributed by atoms with Crippen LogP contribution in [0, 0.1) is 12.8 Å². The van der Waals surface area contributed by atoms with Gasteiger partial charge in [0.25, 0.3) is 0 Å². The summed E-state index contributed by atoms with van der Waals surface area (Å²) in [5.41, 5.74) is 3.23. The molecule has 0 fully saturated rings. The van der Waals surface area contributed by atoms with E-state index in [1.165, 1.54) is 0 Å². The highest BCUT2D eigenvalue weighted by atomic mass is 16.5. The molecule has 0 spiro atoms. The van der Waals surface area contributed by atoms with Gasteiger partial charge in [-0.05, 0) is 36.0 Å². The molecule has 0 aliphatic carbocycles. The average molecular weight is 261 g/mol. The molecule has 4 nitrogen and oxygen atoms in total. The lowest BCUT2D eigenvalue weighted by Crippen LogP contribution is -2.33. The van der Waals surface area contributed by atoms with Crippen LogP contribution < -0.4 is 10.8 Å². The van der Waals surface area contributed by atoms with Gasteiger partial charge in [-0.1, -0.05) is 26.0 Å². The minimum absolute atomic E-state index is 0.0556. The molecule has 1 aliphatic heterocycles. The minimum Gasteiger partial charge on any atom is -0.423 e. The van der Waals surface area contributed by atoms with Gasteiger partial charge in [0, 0.05) is 5.56 Å². The van der Waals surface area contributed by atoms with Crippen molar-refractivity contribution in [1.82, 2.24) is 5.32 Å². The molecule has 0 amide bonds. The molecule has 0 unspecified atom stereocenters. The smallest absolute Gasteiger partial charge is 0.423 e. The number of nitrogens with one attached hydrogen (secondary N) is 1. The maximum Gasteiger partial charge on any atom is 0.492 e. The van der Waals surface area contributed by atoms with E-state index in [2.05, 4.69) is 19.2 Å². The zero-order chi connectivity index (χ0) is 14.0. The fourth-order valence-corrected chi connectivity index (χ4v) is 2.38. The number of benzene rings is 1. The number of carbonyl (C=O) groups excluding carboxylic acids is 1. The third-order valence-electron chi connectivity index (χ3n) is 3.39. The molecule has 5 heteroatoms. The number of carbonyl (C=O) groups is 1. The summed E-state index contributed by atoms with van der Waals surface area (Å²) >= 11 is 0. The van der Waals surface area contributed by atoms with Crippen LogP contribution in [0.5, 0.6) is 0 Å². The molecule has 1 aliphatic rings. The van der Waals surface area contributed by atoms with Crippen molar-refractivity contribution in [1.29, 1.82) is 0 Å². The second-order valence-electron chi connectivity index (χ2n) is 5.42. The zero-order valence-electron chi connectivity index (χ0n) is 11.7. The third kappa shape index (κ3) is 3.05. The summed E-state index contributed by atoms with van der Waals surface area (Å²) in [6.45, 7) is 7.64. The normalized spacial score (nSPS) is 14.1. The first-order chi connectivity index (χ1) is 9.00. The fraction of sp³-hybridized carbons (Fsp3) is 0.500. The average Bonchev–Trinajstić information content (AvgIpc) is 2.71. The lowest BCUT2D eigenvalue weighted by Gasteiger charge is -2.11. The second kappa shape index (κ2) is 5.86. The van der Waals surface area contributed by atoms with Gasteiger partial charge in [0.05, 0.1) is 13.2 Å². The minimum atomic E-state index is -0.897. The van der Waals surface area contributed by atoms with Gasteiger partial charge in [-0.25, -0.2) is 0 Å². The van der Waals surface area contributed by atoms with Gasteiger partial charge < -0.3 is 15.0 Å².